The molecule has 342 valence electrons. The van der Waals surface area contributed by atoms with Crippen LogP contribution in [0.3, 0.4) is 0 Å². The first-order valence-electron chi connectivity index (χ1n) is 25.5. The van der Waals surface area contributed by atoms with Crippen LogP contribution in [-0.4, -0.2) is 12.3 Å². The number of hydrogen-bond donors (Lipinski definition) is 0. The number of rotatable bonds is 4. The number of aryl methyl sites for hydroxylation is 3. The molecule has 15 rings (SSSR count). The molecule has 71 heavy (non-hydrogen) atoms. The van der Waals surface area contributed by atoms with Gasteiger partial charge >= 0.3 is 0 Å². The minimum atomic E-state index is -0.0863. The summed E-state index contributed by atoms with van der Waals surface area (Å²) in [7, 11) is 0. The van der Waals surface area contributed by atoms with E-state index in [4.69, 9.17) is 4.42 Å². The molecule has 1 aliphatic carbocycles. The zero-order chi connectivity index (χ0) is 47.5. The fraction of sp³-hybridized carbons (Fsp3) is 0.169. The normalized spacial score (nSPS) is 18.8. The first-order valence-corrected chi connectivity index (χ1v) is 26.3. The van der Waals surface area contributed by atoms with Gasteiger partial charge in [-0.25, -0.2) is 0 Å². The fourth-order valence-corrected chi connectivity index (χ4v) is 15.4. The molecule has 9 aromatic carbocycles. The van der Waals surface area contributed by atoms with Crippen molar-refractivity contribution in [3.63, 3.8) is 0 Å². The molecule has 2 unspecified atom stereocenters. The molecule has 1 fully saturated rings. The first kappa shape index (κ1) is 41.3. The number of para-hydroxylation sites is 1. The second kappa shape index (κ2) is 14.8. The average Bonchev–Trinajstić information content (AvgIpc) is 4.02. The summed E-state index contributed by atoms with van der Waals surface area (Å²) in [6.45, 7) is 12.0. The van der Waals surface area contributed by atoms with Crippen molar-refractivity contribution in [1.29, 1.82) is 0 Å². The van der Waals surface area contributed by atoms with E-state index in [-0.39, 0.29) is 17.7 Å². The molecule has 0 N–H and O–H groups in total. The van der Waals surface area contributed by atoms with Crippen LogP contribution in [0.25, 0.3) is 53.2 Å². The minimum Gasteiger partial charge on any atom is -0.456 e. The summed E-state index contributed by atoms with van der Waals surface area (Å²) in [6, 6.07) is 66.6. The molecule has 0 radical (unpaired) electrons. The molecule has 2 aromatic heterocycles. The number of nitrogens with zero attached hydrogens (tertiary/aromatic N) is 3. The molecule has 2 atom stereocenters. The number of hydrogen-bond acceptors (Lipinski definition) is 5. The van der Waals surface area contributed by atoms with Gasteiger partial charge in [0.25, 0.3) is 6.71 Å². The highest BCUT2D eigenvalue weighted by Gasteiger charge is 2.58. The Morgan fingerprint density at radius 2 is 1.21 bits per heavy atom. The van der Waals surface area contributed by atoms with Crippen LogP contribution in [-0.2, 0) is 5.41 Å². The zero-order valence-electron chi connectivity index (χ0n) is 40.8. The third-order valence-corrected chi connectivity index (χ3v) is 18.5. The molecular weight excluding hydrogens is 882 g/mol. The number of anilines is 8. The lowest BCUT2D eigenvalue weighted by molar-refractivity contribution is 0.194. The third-order valence-electron chi connectivity index (χ3n) is 17.3. The summed E-state index contributed by atoms with van der Waals surface area (Å²) >= 11 is 1.91. The van der Waals surface area contributed by atoms with Crippen molar-refractivity contribution in [2.45, 2.75) is 71.3 Å². The molecular formula is C65H52BN3OS. The highest BCUT2D eigenvalue weighted by molar-refractivity contribution is 7.26. The Kier molecular flexibility index (Phi) is 8.58. The number of fused-ring (bicyclic) bond motifs is 13. The largest absolute Gasteiger partial charge is 0.456 e. The van der Waals surface area contributed by atoms with Crippen LogP contribution in [0.15, 0.2) is 180 Å². The van der Waals surface area contributed by atoms with Crippen LogP contribution >= 0.6 is 11.3 Å². The lowest BCUT2D eigenvalue weighted by Gasteiger charge is -2.51. The Labute approximate surface area is 419 Å². The molecule has 0 saturated heterocycles. The van der Waals surface area contributed by atoms with Crippen LogP contribution < -0.4 is 31.1 Å². The molecule has 0 spiro atoms. The van der Waals surface area contributed by atoms with E-state index in [9.17, 15) is 0 Å². The van der Waals surface area contributed by atoms with Gasteiger partial charge in [-0.3, -0.25) is 0 Å². The standard InChI is InChI=1S/C65H52BN3OS/c1-39-32-41(3)61-55(33-39)69(65(5)31-14-13-30-64(61,65)4)45-25-27-50-54(38-45)68(53-21-15-20-48-47-19-10-12-23-60(47)71-63(48)53)57-35-40(2)34-56-62(57)66(50)51-36-43(42-16-7-6-8-17-42)24-28-52(51)67(56)44-26-29-59-49(37-44)46-18-9-11-22-58(46)70-59/h6-12,15-29,32-38H,13-14,30-31H2,1-5H3. The molecule has 0 amide bonds. The van der Waals surface area contributed by atoms with E-state index in [1.54, 1.807) is 0 Å². The SMILES string of the molecule is Cc1cc2c3c(c1)N(c1cccc4c1sc1ccccc14)c1cc(N4c5cc(C)cc(C)c5C5(C)CCCCC45C)ccc1B3c1cc(-c3ccccc3)ccc1N2c1ccc2oc3ccccc3c2c1. The van der Waals surface area contributed by atoms with Crippen molar-refractivity contribution in [1.82, 2.24) is 0 Å². The molecule has 3 aliphatic heterocycles. The predicted molar refractivity (Wildman–Crippen MR) is 303 cm³/mol. The van der Waals surface area contributed by atoms with Gasteiger partial charge in [0, 0.05) is 71.5 Å². The van der Waals surface area contributed by atoms with Crippen molar-refractivity contribution < 1.29 is 4.42 Å². The van der Waals surface area contributed by atoms with E-state index in [0.29, 0.717) is 0 Å². The lowest BCUT2D eigenvalue weighted by atomic mass is 9.33. The topological polar surface area (TPSA) is 22.9 Å². The maximum Gasteiger partial charge on any atom is 0.252 e. The average molecular weight is 934 g/mol. The number of furan rings is 1. The molecule has 1 saturated carbocycles. The van der Waals surface area contributed by atoms with Crippen molar-refractivity contribution in [2.75, 3.05) is 14.7 Å². The summed E-state index contributed by atoms with van der Waals surface area (Å²) in [5.74, 6) is 0. The summed E-state index contributed by atoms with van der Waals surface area (Å²) in [6.07, 6.45) is 4.84. The van der Waals surface area contributed by atoms with Crippen LogP contribution in [0.2, 0.25) is 0 Å². The molecule has 11 aromatic rings. The van der Waals surface area contributed by atoms with Crippen LogP contribution in [0.1, 0.15) is 61.8 Å². The Balaban J connectivity index is 1.04. The molecule has 6 heteroatoms. The number of benzene rings is 9. The van der Waals surface area contributed by atoms with Crippen LogP contribution in [0.4, 0.5) is 45.5 Å². The van der Waals surface area contributed by atoms with E-state index >= 15 is 0 Å². The van der Waals surface area contributed by atoms with Crippen molar-refractivity contribution in [2.24, 2.45) is 0 Å². The maximum atomic E-state index is 6.43. The van der Waals surface area contributed by atoms with Crippen LogP contribution in [0, 0.1) is 20.8 Å². The van der Waals surface area contributed by atoms with E-state index in [0.717, 1.165) is 34.0 Å². The monoisotopic (exact) mass is 933 g/mol. The lowest BCUT2D eigenvalue weighted by Crippen LogP contribution is -2.61. The smallest absolute Gasteiger partial charge is 0.252 e. The van der Waals surface area contributed by atoms with E-state index in [2.05, 4.69) is 225 Å². The molecule has 0 bridgehead atoms. The second-order valence-corrected chi connectivity index (χ2v) is 22.4. The van der Waals surface area contributed by atoms with Gasteiger partial charge in [-0.1, -0.05) is 123 Å². The Morgan fingerprint density at radius 1 is 0.493 bits per heavy atom. The highest BCUT2D eigenvalue weighted by atomic mass is 32.1. The maximum absolute atomic E-state index is 6.43. The van der Waals surface area contributed by atoms with Gasteiger partial charge in [0.1, 0.15) is 11.2 Å². The summed E-state index contributed by atoms with van der Waals surface area (Å²) in [5.41, 5.74) is 23.5. The van der Waals surface area contributed by atoms with Gasteiger partial charge in [-0.15, -0.1) is 11.3 Å². The summed E-state index contributed by atoms with van der Waals surface area (Å²) in [4.78, 5) is 8.00. The van der Waals surface area contributed by atoms with Crippen molar-refractivity contribution in [3.05, 3.63) is 198 Å². The van der Waals surface area contributed by atoms with Crippen molar-refractivity contribution >= 4 is 122 Å². The van der Waals surface area contributed by atoms with E-state index < -0.39 is 0 Å². The zero-order valence-corrected chi connectivity index (χ0v) is 41.6. The molecule has 4 aliphatic rings. The second-order valence-electron chi connectivity index (χ2n) is 21.4. The van der Waals surface area contributed by atoms with Gasteiger partial charge in [0.15, 0.2) is 0 Å². The Bertz CT molecular complexity index is 4080. The van der Waals surface area contributed by atoms with Gasteiger partial charge in [-0.2, -0.15) is 0 Å². The Hall–Kier alpha value is -7.54. The van der Waals surface area contributed by atoms with Crippen LogP contribution in [0.5, 0.6) is 0 Å². The minimum absolute atomic E-state index is 0.0284. The van der Waals surface area contributed by atoms with Gasteiger partial charge in [0.2, 0.25) is 0 Å². The molecule has 4 nitrogen and oxygen atoms in total. The van der Waals surface area contributed by atoms with Gasteiger partial charge in [0.05, 0.1) is 15.9 Å². The third kappa shape index (κ3) is 5.63. The van der Waals surface area contributed by atoms with E-state index in [1.165, 1.54) is 129 Å². The summed E-state index contributed by atoms with van der Waals surface area (Å²) in [5, 5.41) is 4.86. The predicted octanol–water partition coefficient (Wildman–Crippen LogP) is 16.4. The first-order chi connectivity index (χ1) is 34.7. The van der Waals surface area contributed by atoms with Gasteiger partial charge < -0.3 is 19.1 Å². The number of thiophene rings is 1. The van der Waals surface area contributed by atoms with E-state index in [1.807, 2.05) is 11.3 Å². The summed E-state index contributed by atoms with van der Waals surface area (Å²) < 4.78 is 9.05. The Morgan fingerprint density at radius 3 is 2.08 bits per heavy atom. The quantitative estimate of drug-likeness (QED) is 0.164. The fourth-order valence-electron chi connectivity index (χ4n) is 14.1. The molecule has 5 heterocycles. The highest BCUT2D eigenvalue weighted by Crippen LogP contribution is 2.62. The van der Waals surface area contributed by atoms with Crippen molar-refractivity contribution in [3.8, 4) is 11.1 Å². The van der Waals surface area contributed by atoms with Gasteiger partial charge in [-0.05, 0) is 163 Å².